The van der Waals surface area contributed by atoms with Gasteiger partial charge in [-0.15, -0.1) is 0 Å². The van der Waals surface area contributed by atoms with Gasteiger partial charge in [-0.1, -0.05) is 68.4 Å². The maximum Gasteiger partial charge on any atom is 0.319 e. The molecule has 192 valence electrons. The molecule has 0 saturated heterocycles. The molecule has 6 heteroatoms. The van der Waals surface area contributed by atoms with E-state index < -0.39 is 0 Å². The zero-order valence-corrected chi connectivity index (χ0v) is 21.9. The third-order valence-corrected chi connectivity index (χ3v) is 5.98. The van der Waals surface area contributed by atoms with Crippen molar-refractivity contribution in [2.45, 2.75) is 26.7 Å². The molecule has 3 aromatic carbocycles. The number of anilines is 1. The molecule has 0 spiro atoms. The van der Waals surface area contributed by atoms with Gasteiger partial charge in [0.25, 0.3) is 0 Å². The van der Waals surface area contributed by atoms with Crippen molar-refractivity contribution < 1.29 is 14.3 Å². The number of rotatable bonds is 13. The van der Waals surface area contributed by atoms with Gasteiger partial charge in [-0.2, -0.15) is 0 Å². The molecule has 0 saturated carbocycles. The number of nitrogens with zero attached hydrogens (tertiary/aromatic N) is 1. The van der Waals surface area contributed by atoms with Gasteiger partial charge in [0.2, 0.25) is 0 Å². The van der Waals surface area contributed by atoms with Crippen molar-refractivity contribution in [2.75, 3.05) is 45.7 Å². The zero-order valence-electron chi connectivity index (χ0n) is 21.9. The lowest BCUT2D eigenvalue weighted by molar-refractivity contribution is 0.238. The summed E-state index contributed by atoms with van der Waals surface area (Å²) in [7, 11) is 3.31. The van der Waals surface area contributed by atoms with Crippen LogP contribution in [0.5, 0.6) is 11.5 Å². The number of nitrogens with one attached hydrogen (secondary N) is 2. The molecule has 3 rings (SSSR count). The number of ether oxygens (including phenoxy) is 2. The number of amides is 2. The Morgan fingerprint density at radius 2 is 1.61 bits per heavy atom. The van der Waals surface area contributed by atoms with Gasteiger partial charge in [-0.25, -0.2) is 4.79 Å². The predicted molar refractivity (Wildman–Crippen MR) is 148 cm³/mol. The SMILES string of the molecule is COc1ccc(CCN(CCCNC(=O)Nc2ccccc2-c2ccccc2)CC(C)C)cc1OC. The van der Waals surface area contributed by atoms with E-state index >= 15 is 0 Å². The van der Waals surface area contributed by atoms with Gasteiger partial charge in [0.05, 0.1) is 19.9 Å². The molecule has 6 nitrogen and oxygen atoms in total. The minimum atomic E-state index is -0.181. The molecule has 2 amide bonds. The standard InChI is InChI=1S/C30H39N3O3/c1-23(2)22-33(20-17-24-15-16-28(35-3)29(21-24)36-4)19-10-18-31-30(34)32-27-14-9-8-13-26(27)25-11-6-5-7-12-25/h5-9,11-16,21,23H,10,17-20,22H2,1-4H3,(H2,31,32,34). The van der Waals surface area contributed by atoms with E-state index in [9.17, 15) is 4.79 Å². The summed E-state index contributed by atoms with van der Waals surface area (Å²) in [5.41, 5.74) is 4.10. The molecule has 0 aliphatic rings. The first-order chi connectivity index (χ1) is 17.5. The van der Waals surface area contributed by atoms with E-state index in [0.717, 1.165) is 60.8 Å². The van der Waals surface area contributed by atoms with E-state index in [2.05, 4.69) is 35.4 Å². The van der Waals surface area contributed by atoms with Crippen LogP contribution in [-0.4, -0.2) is 51.3 Å². The first-order valence-electron chi connectivity index (χ1n) is 12.6. The van der Waals surface area contributed by atoms with Crippen LogP contribution in [0.15, 0.2) is 72.8 Å². The number of methoxy groups -OCH3 is 2. The molecule has 0 bridgehead atoms. The van der Waals surface area contributed by atoms with Crippen LogP contribution >= 0.6 is 0 Å². The first-order valence-corrected chi connectivity index (χ1v) is 12.6. The average molecular weight is 490 g/mol. The highest BCUT2D eigenvalue weighted by Gasteiger charge is 2.11. The Hall–Kier alpha value is -3.51. The van der Waals surface area contributed by atoms with E-state index in [1.165, 1.54) is 5.56 Å². The van der Waals surface area contributed by atoms with Crippen molar-refractivity contribution >= 4 is 11.7 Å². The molecular formula is C30H39N3O3. The van der Waals surface area contributed by atoms with Crippen molar-refractivity contribution in [1.82, 2.24) is 10.2 Å². The summed E-state index contributed by atoms with van der Waals surface area (Å²) in [6.45, 7) is 7.98. The Morgan fingerprint density at radius 3 is 2.33 bits per heavy atom. The number of hydrogen-bond donors (Lipinski definition) is 2. The smallest absolute Gasteiger partial charge is 0.319 e. The zero-order chi connectivity index (χ0) is 25.8. The molecule has 0 radical (unpaired) electrons. The summed E-state index contributed by atoms with van der Waals surface area (Å²) >= 11 is 0. The van der Waals surface area contributed by atoms with Gasteiger partial charge in [-0.05, 0) is 54.6 Å². The lowest BCUT2D eigenvalue weighted by Gasteiger charge is -2.24. The van der Waals surface area contributed by atoms with Crippen LogP contribution in [0.4, 0.5) is 10.5 Å². The summed E-state index contributed by atoms with van der Waals surface area (Å²) in [5.74, 6) is 2.08. The van der Waals surface area contributed by atoms with Crippen LogP contribution in [-0.2, 0) is 6.42 Å². The van der Waals surface area contributed by atoms with Crippen LogP contribution < -0.4 is 20.1 Å². The number of hydrogen-bond acceptors (Lipinski definition) is 4. The second-order valence-electron chi connectivity index (χ2n) is 9.28. The highest BCUT2D eigenvalue weighted by molar-refractivity contribution is 5.94. The van der Waals surface area contributed by atoms with Crippen molar-refractivity contribution in [3.05, 3.63) is 78.4 Å². The fraction of sp³-hybridized carbons (Fsp3) is 0.367. The monoisotopic (exact) mass is 489 g/mol. The van der Waals surface area contributed by atoms with Gasteiger partial charge >= 0.3 is 6.03 Å². The lowest BCUT2D eigenvalue weighted by atomic mass is 10.0. The average Bonchev–Trinajstić information content (AvgIpc) is 2.90. The third kappa shape index (κ3) is 8.31. The van der Waals surface area contributed by atoms with Crippen LogP contribution in [0.1, 0.15) is 25.8 Å². The van der Waals surface area contributed by atoms with E-state index in [4.69, 9.17) is 9.47 Å². The molecule has 36 heavy (non-hydrogen) atoms. The summed E-state index contributed by atoms with van der Waals surface area (Å²) in [4.78, 5) is 15.0. The molecule has 0 fully saturated rings. The quantitative estimate of drug-likeness (QED) is 0.286. The van der Waals surface area contributed by atoms with Crippen molar-refractivity contribution in [3.63, 3.8) is 0 Å². The summed E-state index contributed by atoms with van der Waals surface area (Å²) in [6.07, 6.45) is 1.81. The van der Waals surface area contributed by atoms with E-state index in [1.54, 1.807) is 14.2 Å². The number of benzene rings is 3. The summed E-state index contributed by atoms with van der Waals surface area (Å²) < 4.78 is 10.8. The molecule has 0 aromatic heterocycles. The van der Waals surface area contributed by atoms with E-state index in [1.807, 2.05) is 66.7 Å². The Bertz CT molecular complexity index is 1090. The molecule has 0 unspecified atom stereocenters. The fourth-order valence-electron chi connectivity index (χ4n) is 4.27. The normalized spacial score (nSPS) is 10.9. The lowest BCUT2D eigenvalue weighted by Crippen LogP contribution is -2.35. The van der Waals surface area contributed by atoms with E-state index in [-0.39, 0.29) is 6.03 Å². The molecule has 0 atom stereocenters. The third-order valence-electron chi connectivity index (χ3n) is 5.98. The maximum atomic E-state index is 12.6. The minimum Gasteiger partial charge on any atom is -0.493 e. The van der Waals surface area contributed by atoms with E-state index in [0.29, 0.717) is 12.5 Å². The van der Waals surface area contributed by atoms with Crippen LogP contribution in [0.25, 0.3) is 11.1 Å². The molecule has 0 aliphatic carbocycles. The molecule has 0 heterocycles. The Labute approximate surface area is 215 Å². The highest BCUT2D eigenvalue weighted by Crippen LogP contribution is 2.28. The summed E-state index contributed by atoms with van der Waals surface area (Å²) in [6, 6.07) is 23.9. The van der Waals surface area contributed by atoms with Gasteiger partial charge in [0.15, 0.2) is 11.5 Å². The van der Waals surface area contributed by atoms with Crippen molar-refractivity contribution in [2.24, 2.45) is 5.92 Å². The van der Waals surface area contributed by atoms with Crippen molar-refractivity contribution in [3.8, 4) is 22.6 Å². The number of carbonyl (C=O) groups is 1. The van der Waals surface area contributed by atoms with Crippen LogP contribution in [0.2, 0.25) is 0 Å². The second kappa shape index (κ2) is 14.1. The van der Waals surface area contributed by atoms with Crippen molar-refractivity contribution in [1.29, 1.82) is 0 Å². The summed E-state index contributed by atoms with van der Waals surface area (Å²) in [5, 5.41) is 6.02. The highest BCUT2D eigenvalue weighted by atomic mass is 16.5. The minimum absolute atomic E-state index is 0.181. The fourth-order valence-corrected chi connectivity index (χ4v) is 4.27. The van der Waals surface area contributed by atoms with Gasteiger partial charge in [0.1, 0.15) is 0 Å². The number of para-hydroxylation sites is 1. The Balaban J connectivity index is 1.48. The Morgan fingerprint density at radius 1 is 0.889 bits per heavy atom. The maximum absolute atomic E-state index is 12.6. The predicted octanol–water partition coefficient (Wildman–Crippen LogP) is 6.08. The number of urea groups is 1. The largest absolute Gasteiger partial charge is 0.493 e. The van der Waals surface area contributed by atoms with Gasteiger partial charge < -0.3 is 25.0 Å². The van der Waals surface area contributed by atoms with Crippen LogP contribution in [0.3, 0.4) is 0 Å². The van der Waals surface area contributed by atoms with Gasteiger partial charge in [0, 0.05) is 25.2 Å². The first kappa shape index (κ1) is 27.1. The molecular weight excluding hydrogens is 450 g/mol. The van der Waals surface area contributed by atoms with Crippen LogP contribution in [0, 0.1) is 5.92 Å². The molecule has 3 aromatic rings. The molecule has 2 N–H and O–H groups in total. The number of carbonyl (C=O) groups excluding carboxylic acids is 1. The topological polar surface area (TPSA) is 62.8 Å². The second-order valence-corrected chi connectivity index (χ2v) is 9.28. The Kier molecular flexibility index (Phi) is 10.6. The molecule has 0 aliphatic heterocycles. The van der Waals surface area contributed by atoms with Gasteiger partial charge in [-0.3, -0.25) is 0 Å².